The fourth-order valence-corrected chi connectivity index (χ4v) is 2.64. The molecule has 0 aromatic rings. The minimum atomic E-state index is -0.963. The molecule has 0 aromatic carbocycles. The van der Waals surface area contributed by atoms with Crippen LogP contribution < -0.4 is 5.32 Å². The second kappa shape index (κ2) is 7.85. The van der Waals surface area contributed by atoms with Crippen molar-refractivity contribution in [2.24, 2.45) is 5.92 Å². The van der Waals surface area contributed by atoms with Crippen LogP contribution in [0.2, 0.25) is 0 Å². The van der Waals surface area contributed by atoms with Crippen LogP contribution in [0.5, 0.6) is 0 Å². The van der Waals surface area contributed by atoms with E-state index in [0.717, 1.165) is 25.2 Å². The van der Waals surface area contributed by atoms with Crippen molar-refractivity contribution in [1.29, 1.82) is 0 Å². The molecule has 0 amide bonds. The second-order valence-electron chi connectivity index (χ2n) is 5.94. The van der Waals surface area contributed by atoms with Gasteiger partial charge in [-0.1, -0.05) is 33.1 Å². The van der Waals surface area contributed by atoms with E-state index in [1.807, 2.05) is 6.92 Å². The van der Waals surface area contributed by atoms with Crippen molar-refractivity contribution in [3.63, 3.8) is 0 Å². The molecule has 0 heterocycles. The van der Waals surface area contributed by atoms with Crippen molar-refractivity contribution in [2.75, 3.05) is 13.2 Å². The number of hydrogen-bond acceptors (Lipinski definition) is 3. The minimum absolute atomic E-state index is 0.237. The lowest BCUT2D eigenvalue weighted by Gasteiger charge is -2.32. The molecule has 4 nitrogen and oxygen atoms in total. The van der Waals surface area contributed by atoms with Gasteiger partial charge in [0.2, 0.25) is 0 Å². The molecule has 0 bridgehead atoms. The molecule has 1 saturated carbocycles. The Balaban J connectivity index is 2.44. The number of rotatable bonds is 8. The van der Waals surface area contributed by atoms with Crippen LogP contribution >= 0.6 is 0 Å². The zero-order chi connectivity index (χ0) is 14.3. The second-order valence-corrected chi connectivity index (χ2v) is 5.94. The zero-order valence-corrected chi connectivity index (χ0v) is 12.6. The zero-order valence-electron chi connectivity index (χ0n) is 12.6. The molecule has 19 heavy (non-hydrogen) atoms. The van der Waals surface area contributed by atoms with Gasteiger partial charge < -0.3 is 15.2 Å². The highest BCUT2D eigenvalue weighted by Crippen LogP contribution is 2.28. The van der Waals surface area contributed by atoms with E-state index in [9.17, 15) is 9.90 Å². The molecular weight excluding hydrogens is 242 g/mol. The lowest BCUT2D eigenvalue weighted by Crippen LogP contribution is -2.54. The van der Waals surface area contributed by atoms with Gasteiger partial charge in [0, 0.05) is 0 Å². The van der Waals surface area contributed by atoms with Crippen molar-refractivity contribution >= 4 is 5.97 Å². The first-order valence-corrected chi connectivity index (χ1v) is 7.61. The maximum Gasteiger partial charge on any atom is 0.326 e. The molecule has 0 saturated heterocycles. The van der Waals surface area contributed by atoms with Gasteiger partial charge in [0.25, 0.3) is 0 Å². The number of carbonyl (C=O) groups is 1. The number of ether oxygens (including phenoxy) is 1. The van der Waals surface area contributed by atoms with Crippen LogP contribution in [0.3, 0.4) is 0 Å². The topological polar surface area (TPSA) is 58.6 Å². The first kappa shape index (κ1) is 16.4. The predicted octanol–water partition coefficient (Wildman–Crippen LogP) is 2.81. The highest BCUT2D eigenvalue weighted by molar-refractivity contribution is 5.78. The van der Waals surface area contributed by atoms with Crippen LogP contribution in [0.25, 0.3) is 0 Å². The molecule has 1 aliphatic rings. The SMILES string of the molecule is CCCNC(C)(COC1CCCC(CC)C1)C(=O)O. The van der Waals surface area contributed by atoms with Crippen LogP contribution in [-0.2, 0) is 9.53 Å². The summed E-state index contributed by atoms with van der Waals surface area (Å²) in [5.41, 5.74) is -0.963. The Bertz CT molecular complexity index is 283. The predicted molar refractivity (Wildman–Crippen MR) is 76.3 cm³/mol. The van der Waals surface area contributed by atoms with E-state index < -0.39 is 11.5 Å². The molecule has 0 radical (unpaired) electrons. The lowest BCUT2D eigenvalue weighted by molar-refractivity contribution is -0.148. The quantitative estimate of drug-likeness (QED) is 0.712. The van der Waals surface area contributed by atoms with Crippen LogP contribution in [-0.4, -0.2) is 35.9 Å². The highest BCUT2D eigenvalue weighted by atomic mass is 16.5. The van der Waals surface area contributed by atoms with Gasteiger partial charge in [-0.3, -0.25) is 4.79 Å². The van der Waals surface area contributed by atoms with Crippen molar-refractivity contribution in [1.82, 2.24) is 5.32 Å². The van der Waals surface area contributed by atoms with Crippen LogP contribution in [0.4, 0.5) is 0 Å². The first-order chi connectivity index (χ1) is 9.01. The number of carboxylic acid groups (broad SMARTS) is 1. The molecule has 3 unspecified atom stereocenters. The molecule has 1 aliphatic carbocycles. The molecule has 3 atom stereocenters. The van der Waals surface area contributed by atoms with Gasteiger partial charge in [-0.25, -0.2) is 0 Å². The fraction of sp³-hybridized carbons (Fsp3) is 0.933. The van der Waals surface area contributed by atoms with E-state index in [2.05, 4.69) is 12.2 Å². The maximum absolute atomic E-state index is 11.4. The number of carboxylic acids is 1. The molecule has 1 fully saturated rings. The van der Waals surface area contributed by atoms with E-state index in [1.165, 1.54) is 19.3 Å². The summed E-state index contributed by atoms with van der Waals surface area (Å²) >= 11 is 0. The van der Waals surface area contributed by atoms with E-state index >= 15 is 0 Å². The normalized spacial score (nSPS) is 26.9. The monoisotopic (exact) mass is 271 g/mol. The summed E-state index contributed by atoms with van der Waals surface area (Å²) in [4.78, 5) is 11.4. The summed E-state index contributed by atoms with van der Waals surface area (Å²) in [6.07, 6.45) is 7.01. The van der Waals surface area contributed by atoms with Crippen molar-refractivity contribution < 1.29 is 14.6 Å². The Hall–Kier alpha value is -0.610. The van der Waals surface area contributed by atoms with E-state index in [0.29, 0.717) is 6.54 Å². The van der Waals surface area contributed by atoms with Crippen molar-refractivity contribution in [3.05, 3.63) is 0 Å². The van der Waals surface area contributed by atoms with Crippen LogP contribution in [0, 0.1) is 5.92 Å². The average Bonchev–Trinajstić information content (AvgIpc) is 2.43. The standard InChI is InChI=1S/C15H29NO3/c1-4-9-16-15(3,14(17)18)11-19-13-8-6-7-12(5-2)10-13/h12-13,16H,4-11H2,1-3H3,(H,17,18). The van der Waals surface area contributed by atoms with Gasteiger partial charge in [-0.15, -0.1) is 0 Å². The summed E-state index contributed by atoms with van der Waals surface area (Å²) in [5, 5.41) is 12.4. The lowest BCUT2D eigenvalue weighted by atomic mass is 9.85. The first-order valence-electron chi connectivity index (χ1n) is 7.61. The largest absolute Gasteiger partial charge is 0.480 e. The Morgan fingerprint density at radius 1 is 1.42 bits per heavy atom. The van der Waals surface area contributed by atoms with Gasteiger partial charge in [-0.05, 0) is 38.6 Å². The number of nitrogens with one attached hydrogen (secondary N) is 1. The van der Waals surface area contributed by atoms with Gasteiger partial charge >= 0.3 is 5.97 Å². The van der Waals surface area contributed by atoms with Gasteiger partial charge in [-0.2, -0.15) is 0 Å². The Morgan fingerprint density at radius 3 is 2.74 bits per heavy atom. The molecule has 0 aromatic heterocycles. The Morgan fingerprint density at radius 2 is 2.16 bits per heavy atom. The number of aliphatic carboxylic acids is 1. The Kier molecular flexibility index (Phi) is 6.80. The molecule has 2 N–H and O–H groups in total. The van der Waals surface area contributed by atoms with E-state index in [1.54, 1.807) is 6.92 Å². The molecule has 0 spiro atoms. The van der Waals surface area contributed by atoms with Crippen LogP contribution in [0.15, 0.2) is 0 Å². The Labute approximate surface area is 116 Å². The van der Waals surface area contributed by atoms with Crippen molar-refractivity contribution in [3.8, 4) is 0 Å². The van der Waals surface area contributed by atoms with Gasteiger partial charge in [0.05, 0.1) is 12.7 Å². The average molecular weight is 271 g/mol. The third-order valence-electron chi connectivity index (χ3n) is 4.16. The van der Waals surface area contributed by atoms with E-state index in [-0.39, 0.29) is 12.7 Å². The molecule has 112 valence electrons. The van der Waals surface area contributed by atoms with Gasteiger partial charge in [0.15, 0.2) is 0 Å². The summed E-state index contributed by atoms with van der Waals surface area (Å²) in [6.45, 7) is 6.92. The van der Waals surface area contributed by atoms with Gasteiger partial charge in [0.1, 0.15) is 5.54 Å². The molecular formula is C15H29NO3. The molecule has 1 rings (SSSR count). The minimum Gasteiger partial charge on any atom is -0.480 e. The fourth-order valence-electron chi connectivity index (χ4n) is 2.64. The smallest absolute Gasteiger partial charge is 0.326 e. The third kappa shape index (κ3) is 5.11. The maximum atomic E-state index is 11.4. The summed E-state index contributed by atoms with van der Waals surface area (Å²) in [7, 11) is 0. The molecule has 0 aliphatic heterocycles. The summed E-state index contributed by atoms with van der Waals surface area (Å²) < 4.78 is 5.90. The molecule has 4 heteroatoms. The summed E-state index contributed by atoms with van der Waals surface area (Å²) in [5.74, 6) is -0.0813. The van der Waals surface area contributed by atoms with Crippen molar-refractivity contribution in [2.45, 2.75) is 70.9 Å². The van der Waals surface area contributed by atoms with Crippen LogP contribution in [0.1, 0.15) is 59.3 Å². The number of hydrogen-bond donors (Lipinski definition) is 2. The third-order valence-corrected chi connectivity index (χ3v) is 4.16. The summed E-state index contributed by atoms with van der Waals surface area (Å²) in [6, 6.07) is 0. The highest BCUT2D eigenvalue weighted by Gasteiger charge is 2.34. The van der Waals surface area contributed by atoms with E-state index in [4.69, 9.17) is 4.74 Å².